The van der Waals surface area contributed by atoms with Crippen molar-refractivity contribution < 1.29 is 10.2 Å². The van der Waals surface area contributed by atoms with Gasteiger partial charge in [0.25, 0.3) is 0 Å². The molecule has 0 radical (unpaired) electrons. The second-order valence-electron chi connectivity index (χ2n) is 11.8. The standard InChI is InChI=1S/C27H45NO2/c1-18(2)11-15-28-19(3)22-9-10-23-21(6-5-12-26(22,23)4)8-7-20-16-24(29)27(13-14-27)25(30)17-20/h7-8,18-19,22-25,28-30H,5-6,9-17H2,1-4H3/b21-8+/t19-,22?,23?,24-,25-,26?/m1/s1. The van der Waals surface area contributed by atoms with Crippen molar-refractivity contribution in [2.75, 3.05) is 6.54 Å². The molecule has 0 aliphatic heterocycles. The molecule has 4 aliphatic rings. The highest BCUT2D eigenvalue weighted by Crippen LogP contribution is 2.59. The van der Waals surface area contributed by atoms with E-state index in [-0.39, 0.29) is 17.6 Å². The van der Waals surface area contributed by atoms with Crippen molar-refractivity contribution in [1.82, 2.24) is 5.32 Å². The molecule has 0 aromatic rings. The van der Waals surface area contributed by atoms with Crippen LogP contribution in [0.5, 0.6) is 0 Å². The van der Waals surface area contributed by atoms with Crippen molar-refractivity contribution in [3.8, 4) is 0 Å². The maximum absolute atomic E-state index is 10.5. The van der Waals surface area contributed by atoms with Crippen LogP contribution in [0, 0.1) is 28.6 Å². The van der Waals surface area contributed by atoms with Crippen molar-refractivity contribution in [2.24, 2.45) is 28.6 Å². The van der Waals surface area contributed by atoms with E-state index in [1.165, 1.54) is 44.1 Å². The zero-order chi connectivity index (χ0) is 21.5. The summed E-state index contributed by atoms with van der Waals surface area (Å²) in [5.74, 6) is 2.23. The minimum absolute atomic E-state index is 0.161. The summed E-state index contributed by atoms with van der Waals surface area (Å²) in [4.78, 5) is 0. The maximum Gasteiger partial charge on any atom is 0.0658 e. The topological polar surface area (TPSA) is 52.5 Å². The molecule has 3 unspecified atom stereocenters. The third kappa shape index (κ3) is 4.19. The number of hydrogen-bond donors (Lipinski definition) is 3. The third-order valence-electron chi connectivity index (χ3n) is 9.43. The number of nitrogens with one attached hydrogen (secondary N) is 1. The van der Waals surface area contributed by atoms with Crippen molar-refractivity contribution in [3.05, 3.63) is 23.3 Å². The normalized spacial score (nSPS) is 40.1. The summed E-state index contributed by atoms with van der Waals surface area (Å²) in [7, 11) is 0. The van der Waals surface area contributed by atoms with E-state index in [1.807, 2.05) is 0 Å². The van der Waals surface area contributed by atoms with Gasteiger partial charge < -0.3 is 15.5 Å². The fourth-order valence-electron chi connectivity index (χ4n) is 7.22. The predicted octanol–water partition coefficient (Wildman–Crippen LogP) is 5.38. The Hall–Kier alpha value is -0.640. The lowest BCUT2D eigenvalue weighted by atomic mass is 9.62. The Bertz CT molecular complexity index is 660. The zero-order valence-electron chi connectivity index (χ0n) is 19.8. The van der Waals surface area contributed by atoms with Crippen LogP contribution >= 0.6 is 0 Å². The SMILES string of the molecule is CC(C)CCN[C@H](C)C1CCC2/C(=C/C=C3C[C@@H](O)C4(CC4)[C@H](O)C3)CCCC21C. The molecule has 0 aromatic carbocycles. The molecule has 3 nitrogen and oxygen atoms in total. The molecule has 6 atom stereocenters. The number of allylic oxidation sites excluding steroid dienone is 3. The molecule has 4 rings (SSSR count). The lowest BCUT2D eigenvalue weighted by Gasteiger charge is -2.44. The molecule has 0 heterocycles. The Kier molecular flexibility index (Phi) is 6.55. The molecule has 4 aliphatic carbocycles. The summed E-state index contributed by atoms with van der Waals surface area (Å²) in [6, 6.07) is 0.592. The fraction of sp³-hybridized carbons (Fsp3) is 0.852. The Morgan fingerprint density at radius 1 is 1.03 bits per heavy atom. The summed E-state index contributed by atoms with van der Waals surface area (Å²) in [5, 5.41) is 24.9. The van der Waals surface area contributed by atoms with Gasteiger partial charge in [-0.3, -0.25) is 0 Å². The van der Waals surface area contributed by atoms with Crippen molar-refractivity contribution in [1.29, 1.82) is 0 Å². The summed E-state index contributed by atoms with van der Waals surface area (Å²) in [6.45, 7) is 10.7. The van der Waals surface area contributed by atoms with Gasteiger partial charge in [0.05, 0.1) is 12.2 Å². The van der Waals surface area contributed by atoms with Gasteiger partial charge in [-0.25, -0.2) is 0 Å². The number of hydrogen-bond acceptors (Lipinski definition) is 3. The van der Waals surface area contributed by atoms with Crippen LogP contribution < -0.4 is 5.32 Å². The van der Waals surface area contributed by atoms with Crippen LogP contribution in [0.15, 0.2) is 23.3 Å². The van der Waals surface area contributed by atoms with Crippen LogP contribution in [0.25, 0.3) is 0 Å². The monoisotopic (exact) mass is 415 g/mol. The highest BCUT2D eigenvalue weighted by atomic mass is 16.3. The van der Waals surface area contributed by atoms with Gasteiger partial charge in [-0.2, -0.15) is 0 Å². The number of aliphatic hydroxyl groups excluding tert-OH is 2. The first-order chi connectivity index (χ1) is 14.3. The first kappa shape index (κ1) is 22.6. The van der Waals surface area contributed by atoms with Crippen LogP contribution in [-0.4, -0.2) is 35.0 Å². The number of aliphatic hydroxyl groups is 2. The number of fused-ring (bicyclic) bond motifs is 1. The minimum atomic E-state index is -0.351. The second-order valence-corrected chi connectivity index (χ2v) is 11.8. The molecule has 0 saturated heterocycles. The number of rotatable bonds is 6. The van der Waals surface area contributed by atoms with Crippen molar-refractivity contribution in [2.45, 2.75) is 110 Å². The molecule has 1 spiro atoms. The van der Waals surface area contributed by atoms with Crippen LogP contribution in [0.3, 0.4) is 0 Å². The van der Waals surface area contributed by atoms with E-state index in [1.54, 1.807) is 5.57 Å². The first-order valence-electron chi connectivity index (χ1n) is 12.7. The molecule has 0 aromatic heterocycles. The van der Waals surface area contributed by atoms with E-state index in [0.717, 1.165) is 44.1 Å². The highest BCUT2D eigenvalue weighted by Gasteiger charge is 2.56. The van der Waals surface area contributed by atoms with Gasteiger partial charge in [0.2, 0.25) is 0 Å². The molecular formula is C27H45NO2. The van der Waals surface area contributed by atoms with Crippen LogP contribution in [0.2, 0.25) is 0 Å². The van der Waals surface area contributed by atoms with E-state index in [4.69, 9.17) is 0 Å². The van der Waals surface area contributed by atoms with Crippen LogP contribution in [0.4, 0.5) is 0 Å². The minimum Gasteiger partial charge on any atom is -0.392 e. The van der Waals surface area contributed by atoms with Crippen molar-refractivity contribution >= 4 is 0 Å². The van der Waals surface area contributed by atoms with Gasteiger partial charge >= 0.3 is 0 Å². The van der Waals surface area contributed by atoms with E-state index in [9.17, 15) is 10.2 Å². The maximum atomic E-state index is 10.5. The van der Waals surface area contributed by atoms with Crippen LogP contribution in [0.1, 0.15) is 91.9 Å². The Morgan fingerprint density at radius 2 is 1.73 bits per heavy atom. The fourth-order valence-corrected chi connectivity index (χ4v) is 7.22. The van der Waals surface area contributed by atoms with Gasteiger partial charge in [-0.05, 0) is 101 Å². The van der Waals surface area contributed by atoms with Gasteiger partial charge in [-0.15, -0.1) is 0 Å². The van der Waals surface area contributed by atoms with E-state index in [0.29, 0.717) is 17.4 Å². The average molecular weight is 416 g/mol. The molecule has 4 saturated carbocycles. The second kappa shape index (κ2) is 8.71. The first-order valence-corrected chi connectivity index (χ1v) is 12.7. The lowest BCUT2D eigenvalue weighted by molar-refractivity contribution is -0.0225. The van der Waals surface area contributed by atoms with Gasteiger partial charge in [0.1, 0.15) is 0 Å². The smallest absolute Gasteiger partial charge is 0.0658 e. The predicted molar refractivity (Wildman–Crippen MR) is 124 cm³/mol. The van der Waals surface area contributed by atoms with Crippen molar-refractivity contribution in [3.63, 3.8) is 0 Å². The quantitative estimate of drug-likeness (QED) is 0.546. The van der Waals surface area contributed by atoms with Gasteiger partial charge in [-0.1, -0.05) is 44.1 Å². The molecule has 4 fully saturated rings. The zero-order valence-corrected chi connectivity index (χ0v) is 19.8. The van der Waals surface area contributed by atoms with Gasteiger partial charge in [0, 0.05) is 11.5 Å². The molecule has 170 valence electrons. The molecule has 3 N–H and O–H groups in total. The Balaban J connectivity index is 1.42. The lowest BCUT2D eigenvalue weighted by Crippen LogP contribution is -2.43. The molecule has 0 amide bonds. The highest BCUT2D eigenvalue weighted by molar-refractivity contribution is 5.28. The summed E-state index contributed by atoms with van der Waals surface area (Å²) in [6.07, 6.45) is 15.2. The summed E-state index contributed by atoms with van der Waals surface area (Å²) in [5.41, 5.74) is 3.12. The largest absolute Gasteiger partial charge is 0.392 e. The van der Waals surface area contributed by atoms with Gasteiger partial charge in [0.15, 0.2) is 0 Å². The van der Waals surface area contributed by atoms with Crippen LogP contribution in [-0.2, 0) is 0 Å². The van der Waals surface area contributed by atoms with E-state index >= 15 is 0 Å². The molecule has 0 bridgehead atoms. The molecule has 3 heteroatoms. The summed E-state index contributed by atoms with van der Waals surface area (Å²) >= 11 is 0. The Morgan fingerprint density at radius 3 is 2.37 bits per heavy atom. The van der Waals surface area contributed by atoms with E-state index < -0.39 is 0 Å². The average Bonchev–Trinajstić information content (AvgIpc) is 3.41. The molecular weight excluding hydrogens is 370 g/mol. The van der Waals surface area contributed by atoms with E-state index in [2.05, 4.69) is 45.2 Å². The Labute approximate surface area is 184 Å². The molecule has 30 heavy (non-hydrogen) atoms. The summed E-state index contributed by atoms with van der Waals surface area (Å²) < 4.78 is 0. The third-order valence-corrected chi connectivity index (χ3v) is 9.43.